The molecule has 1 saturated heterocycles. The van der Waals surface area contributed by atoms with Crippen LogP contribution in [0.4, 0.5) is 0 Å². The zero-order chi connectivity index (χ0) is 13.4. The van der Waals surface area contributed by atoms with Gasteiger partial charge >= 0.3 is 0 Å². The fraction of sp³-hybridized carbons (Fsp3) is 0.643. The summed E-state index contributed by atoms with van der Waals surface area (Å²) in [4.78, 5) is 14.2. The molecule has 0 spiro atoms. The molecule has 104 valence electrons. The standard InChI is InChI=1S/C14H19ClN2O2/c15-5-12(18)9-16-6-10-4-11(8-16)13-2-1-3-14(19)17(13)7-10/h1-3,10-12,18H,4-9H2/t10-,11-,12-/m0/s1. The Kier molecular flexibility index (Phi) is 3.65. The third-order valence-corrected chi connectivity index (χ3v) is 4.56. The SMILES string of the molecule is O=c1cccc2n1C[C@H]1C[C@H]2CN(C[C@@H](O)CCl)C1. The van der Waals surface area contributed by atoms with Crippen LogP contribution in [0.2, 0.25) is 0 Å². The molecular weight excluding hydrogens is 264 g/mol. The van der Waals surface area contributed by atoms with Gasteiger partial charge in [0.2, 0.25) is 0 Å². The zero-order valence-electron chi connectivity index (χ0n) is 10.8. The van der Waals surface area contributed by atoms with Crippen LogP contribution < -0.4 is 5.56 Å². The number of fused-ring (bicyclic) bond motifs is 4. The Bertz CT molecular complexity index is 516. The summed E-state index contributed by atoms with van der Waals surface area (Å²) in [6.45, 7) is 3.30. The number of aliphatic hydroxyl groups is 1. The van der Waals surface area contributed by atoms with Gasteiger partial charge in [0, 0.05) is 49.7 Å². The average molecular weight is 283 g/mol. The molecule has 1 aromatic heterocycles. The van der Waals surface area contributed by atoms with Gasteiger partial charge in [0.15, 0.2) is 0 Å². The van der Waals surface area contributed by atoms with E-state index in [1.807, 2.05) is 10.6 Å². The number of nitrogens with zero attached hydrogens (tertiary/aromatic N) is 2. The lowest BCUT2D eigenvalue weighted by atomic mass is 9.83. The maximum absolute atomic E-state index is 11.9. The van der Waals surface area contributed by atoms with Crippen LogP contribution in [0.15, 0.2) is 23.0 Å². The number of rotatable bonds is 3. The highest BCUT2D eigenvalue weighted by molar-refractivity contribution is 6.18. The Morgan fingerprint density at radius 3 is 3.00 bits per heavy atom. The average Bonchev–Trinajstić information content (AvgIpc) is 2.40. The lowest BCUT2D eigenvalue weighted by Crippen LogP contribution is -2.49. The normalized spacial score (nSPS) is 27.9. The molecule has 0 unspecified atom stereocenters. The number of pyridine rings is 1. The van der Waals surface area contributed by atoms with Gasteiger partial charge in [-0.1, -0.05) is 6.07 Å². The molecule has 3 atom stereocenters. The highest BCUT2D eigenvalue weighted by atomic mass is 35.5. The first-order valence-electron chi connectivity index (χ1n) is 6.83. The van der Waals surface area contributed by atoms with Gasteiger partial charge in [0.05, 0.1) is 6.10 Å². The molecule has 1 N–H and O–H groups in total. The molecule has 1 aromatic rings. The Morgan fingerprint density at radius 2 is 2.21 bits per heavy atom. The topological polar surface area (TPSA) is 45.5 Å². The van der Waals surface area contributed by atoms with Crippen LogP contribution in [0, 0.1) is 5.92 Å². The van der Waals surface area contributed by atoms with Crippen molar-refractivity contribution in [1.29, 1.82) is 0 Å². The molecule has 2 aliphatic rings. The monoisotopic (exact) mass is 282 g/mol. The lowest BCUT2D eigenvalue weighted by molar-refractivity contribution is 0.0712. The number of likely N-dealkylation sites (tertiary alicyclic amines) is 1. The fourth-order valence-electron chi connectivity index (χ4n) is 3.49. The summed E-state index contributed by atoms with van der Waals surface area (Å²) in [5.41, 5.74) is 1.26. The van der Waals surface area contributed by atoms with E-state index < -0.39 is 6.10 Å². The number of alkyl halides is 1. The molecule has 2 bridgehead atoms. The molecular formula is C14H19ClN2O2. The van der Waals surface area contributed by atoms with Crippen molar-refractivity contribution in [2.45, 2.75) is 25.0 Å². The molecule has 4 nitrogen and oxygen atoms in total. The van der Waals surface area contributed by atoms with Crippen molar-refractivity contribution < 1.29 is 5.11 Å². The van der Waals surface area contributed by atoms with E-state index >= 15 is 0 Å². The van der Waals surface area contributed by atoms with E-state index in [0.717, 1.165) is 31.7 Å². The molecule has 3 heterocycles. The molecule has 19 heavy (non-hydrogen) atoms. The summed E-state index contributed by atoms with van der Waals surface area (Å²) in [6.07, 6.45) is 0.690. The van der Waals surface area contributed by atoms with Crippen LogP contribution in [0.5, 0.6) is 0 Å². The van der Waals surface area contributed by atoms with Gasteiger partial charge in [-0.05, 0) is 18.4 Å². The van der Waals surface area contributed by atoms with Gasteiger partial charge in [-0.15, -0.1) is 11.6 Å². The Morgan fingerprint density at radius 1 is 1.37 bits per heavy atom. The van der Waals surface area contributed by atoms with E-state index in [9.17, 15) is 9.90 Å². The predicted octanol–water partition coefficient (Wildman–Crippen LogP) is 0.867. The highest BCUT2D eigenvalue weighted by Gasteiger charge is 2.34. The van der Waals surface area contributed by atoms with Crippen molar-refractivity contribution in [3.63, 3.8) is 0 Å². The second kappa shape index (κ2) is 5.27. The number of aliphatic hydroxyl groups excluding tert-OH is 1. The van der Waals surface area contributed by atoms with Gasteiger partial charge in [-0.25, -0.2) is 0 Å². The van der Waals surface area contributed by atoms with E-state index in [0.29, 0.717) is 18.4 Å². The Balaban J connectivity index is 1.82. The first-order valence-corrected chi connectivity index (χ1v) is 7.37. The lowest BCUT2D eigenvalue weighted by Gasteiger charge is -2.43. The summed E-state index contributed by atoms with van der Waals surface area (Å²) < 4.78 is 1.92. The molecule has 0 radical (unpaired) electrons. The van der Waals surface area contributed by atoms with Crippen LogP contribution in [-0.2, 0) is 6.54 Å². The summed E-state index contributed by atoms with van der Waals surface area (Å²) >= 11 is 5.67. The summed E-state index contributed by atoms with van der Waals surface area (Å²) in [5.74, 6) is 1.19. The van der Waals surface area contributed by atoms with Crippen LogP contribution in [0.3, 0.4) is 0 Å². The maximum atomic E-state index is 11.9. The number of hydrogen-bond acceptors (Lipinski definition) is 3. The molecule has 0 aliphatic carbocycles. The number of halogens is 1. The first kappa shape index (κ1) is 13.2. The van der Waals surface area contributed by atoms with E-state index in [1.54, 1.807) is 6.07 Å². The van der Waals surface area contributed by atoms with Crippen LogP contribution in [-0.4, -0.2) is 46.2 Å². The maximum Gasteiger partial charge on any atom is 0.250 e. The Hall–Kier alpha value is -0.840. The minimum absolute atomic E-state index is 0.112. The molecule has 1 fully saturated rings. The van der Waals surface area contributed by atoms with Crippen molar-refractivity contribution in [1.82, 2.24) is 9.47 Å². The van der Waals surface area contributed by atoms with Gasteiger partial charge in [-0.3, -0.25) is 9.69 Å². The molecule has 0 saturated carbocycles. The smallest absolute Gasteiger partial charge is 0.250 e. The van der Waals surface area contributed by atoms with Crippen molar-refractivity contribution in [2.24, 2.45) is 5.92 Å². The van der Waals surface area contributed by atoms with E-state index in [1.165, 1.54) is 0 Å². The predicted molar refractivity (Wildman–Crippen MR) is 74.7 cm³/mol. The molecule has 0 aromatic carbocycles. The largest absolute Gasteiger partial charge is 0.391 e. The van der Waals surface area contributed by atoms with E-state index in [2.05, 4.69) is 11.0 Å². The quantitative estimate of drug-likeness (QED) is 0.837. The summed E-state index contributed by atoms with van der Waals surface area (Å²) in [5, 5.41) is 9.68. The number of piperidine rings is 1. The van der Waals surface area contributed by atoms with Gasteiger partial charge < -0.3 is 9.67 Å². The third kappa shape index (κ3) is 2.57. The third-order valence-electron chi connectivity index (χ3n) is 4.20. The number of hydrogen-bond donors (Lipinski definition) is 1. The van der Waals surface area contributed by atoms with Crippen LogP contribution in [0.25, 0.3) is 0 Å². The summed E-state index contributed by atoms with van der Waals surface area (Å²) in [6, 6.07) is 5.55. The van der Waals surface area contributed by atoms with Crippen molar-refractivity contribution >= 4 is 11.6 Å². The van der Waals surface area contributed by atoms with Crippen LogP contribution in [0.1, 0.15) is 18.0 Å². The van der Waals surface area contributed by atoms with E-state index in [-0.39, 0.29) is 11.4 Å². The zero-order valence-corrected chi connectivity index (χ0v) is 11.6. The minimum Gasteiger partial charge on any atom is -0.391 e. The summed E-state index contributed by atoms with van der Waals surface area (Å²) in [7, 11) is 0. The molecule has 3 rings (SSSR count). The molecule has 2 aliphatic heterocycles. The second-order valence-electron chi connectivity index (χ2n) is 5.72. The Labute approximate surface area is 117 Å². The van der Waals surface area contributed by atoms with Gasteiger partial charge in [-0.2, -0.15) is 0 Å². The minimum atomic E-state index is -0.460. The number of β-amino-alcohol motifs (C(OH)–C–C–N with tert-alkyl or cyclic N) is 1. The van der Waals surface area contributed by atoms with Gasteiger partial charge in [0.1, 0.15) is 0 Å². The van der Waals surface area contributed by atoms with E-state index in [4.69, 9.17) is 11.6 Å². The molecule has 0 amide bonds. The number of aromatic nitrogens is 1. The first-order chi connectivity index (χ1) is 9.17. The fourth-order valence-corrected chi connectivity index (χ4v) is 3.59. The second-order valence-corrected chi connectivity index (χ2v) is 6.03. The highest BCUT2D eigenvalue weighted by Crippen LogP contribution is 2.34. The van der Waals surface area contributed by atoms with Crippen LogP contribution >= 0.6 is 11.6 Å². The van der Waals surface area contributed by atoms with Crippen molar-refractivity contribution in [3.05, 3.63) is 34.2 Å². The van der Waals surface area contributed by atoms with Crippen molar-refractivity contribution in [2.75, 3.05) is 25.5 Å². The van der Waals surface area contributed by atoms with Crippen molar-refractivity contribution in [3.8, 4) is 0 Å². The van der Waals surface area contributed by atoms with Gasteiger partial charge in [0.25, 0.3) is 5.56 Å². The molecule has 5 heteroatoms.